The Labute approximate surface area is 109 Å². The summed E-state index contributed by atoms with van der Waals surface area (Å²) in [5.74, 6) is 0.776. The summed E-state index contributed by atoms with van der Waals surface area (Å²) in [6.07, 6.45) is 8.38. The summed E-state index contributed by atoms with van der Waals surface area (Å²) >= 11 is 0. The molecule has 1 amide bonds. The van der Waals surface area contributed by atoms with E-state index in [0.29, 0.717) is 18.1 Å². The van der Waals surface area contributed by atoms with Crippen molar-refractivity contribution < 1.29 is 9.53 Å². The fraction of sp³-hybridized carbons (Fsp3) is 0.929. The van der Waals surface area contributed by atoms with Gasteiger partial charge in [0.25, 0.3) is 0 Å². The van der Waals surface area contributed by atoms with E-state index in [1.165, 1.54) is 25.7 Å². The van der Waals surface area contributed by atoms with Crippen LogP contribution in [0.5, 0.6) is 0 Å². The van der Waals surface area contributed by atoms with Crippen LogP contribution in [0.1, 0.15) is 44.9 Å². The predicted octanol–water partition coefficient (Wildman–Crippen LogP) is 1.20. The topological polar surface area (TPSA) is 50.4 Å². The molecule has 4 nitrogen and oxygen atoms in total. The molecule has 4 unspecified atom stereocenters. The SMILES string of the molecule is O=C(NC1CCCC2OCCC12)C1CCCCN1. The average Bonchev–Trinajstić information content (AvgIpc) is 2.89. The van der Waals surface area contributed by atoms with Crippen molar-refractivity contribution in [1.29, 1.82) is 0 Å². The lowest BCUT2D eigenvalue weighted by Gasteiger charge is -2.34. The van der Waals surface area contributed by atoms with Gasteiger partial charge in [-0.3, -0.25) is 4.79 Å². The van der Waals surface area contributed by atoms with Crippen molar-refractivity contribution in [3.8, 4) is 0 Å². The standard InChI is InChI=1S/C14H24N2O2/c17-14(12-4-1-2-8-15-12)16-11-5-3-6-13-10(11)7-9-18-13/h10-13,15H,1-9H2,(H,16,17). The van der Waals surface area contributed by atoms with Crippen molar-refractivity contribution in [2.24, 2.45) is 5.92 Å². The van der Waals surface area contributed by atoms with Crippen molar-refractivity contribution in [3.05, 3.63) is 0 Å². The van der Waals surface area contributed by atoms with Crippen LogP contribution in [0.25, 0.3) is 0 Å². The predicted molar refractivity (Wildman–Crippen MR) is 69.3 cm³/mol. The quantitative estimate of drug-likeness (QED) is 0.776. The normalized spacial score (nSPS) is 40.2. The molecule has 0 radical (unpaired) electrons. The number of hydrogen-bond acceptors (Lipinski definition) is 3. The van der Waals surface area contributed by atoms with Crippen LogP contribution in [0, 0.1) is 5.92 Å². The molecule has 102 valence electrons. The zero-order valence-corrected chi connectivity index (χ0v) is 11.0. The number of nitrogens with one attached hydrogen (secondary N) is 2. The number of ether oxygens (including phenoxy) is 1. The molecule has 1 aliphatic carbocycles. The van der Waals surface area contributed by atoms with E-state index in [0.717, 1.165) is 32.4 Å². The molecule has 3 aliphatic rings. The van der Waals surface area contributed by atoms with Gasteiger partial charge in [0.2, 0.25) is 5.91 Å². The van der Waals surface area contributed by atoms with Crippen LogP contribution in [0.15, 0.2) is 0 Å². The molecule has 4 heteroatoms. The molecule has 18 heavy (non-hydrogen) atoms. The Morgan fingerprint density at radius 1 is 1.11 bits per heavy atom. The van der Waals surface area contributed by atoms with Gasteiger partial charge in [-0.05, 0) is 45.1 Å². The van der Waals surface area contributed by atoms with Gasteiger partial charge in [-0.15, -0.1) is 0 Å². The lowest BCUT2D eigenvalue weighted by Crippen LogP contribution is -2.53. The highest BCUT2D eigenvalue weighted by atomic mass is 16.5. The zero-order chi connectivity index (χ0) is 12.4. The Morgan fingerprint density at radius 3 is 2.89 bits per heavy atom. The van der Waals surface area contributed by atoms with Crippen molar-refractivity contribution >= 4 is 5.91 Å². The molecule has 2 heterocycles. The Morgan fingerprint density at radius 2 is 2.06 bits per heavy atom. The lowest BCUT2D eigenvalue weighted by atomic mass is 9.81. The first-order chi connectivity index (χ1) is 8.84. The average molecular weight is 252 g/mol. The van der Waals surface area contributed by atoms with Crippen LogP contribution in [0.3, 0.4) is 0 Å². The summed E-state index contributed by atoms with van der Waals surface area (Å²) in [5.41, 5.74) is 0. The van der Waals surface area contributed by atoms with Crippen LogP contribution >= 0.6 is 0 Å². The van der Waals surface area contributed by atoms with E-state index in [2.05, 4.69) is 10.6 Å². The van der Waals surface area contributed by atoms with Crippen LogP contribution in [0.4, 0.5) is 0 Å². The summed E-state index contributed by atoms with van der Waals surface area (Å²) in [7, 11) is 0. The summed E-state index contributed by atoms with van der Waals surface area (Å²) in [6.45, 7) is 1.86. The van der Waals surface area contributed by atoms with E-state index in [4.69, 9.17) is 4.74 Å². The molecule has 0 aromatic heterocycles. The molecule has 2 aliphatic heterocycles. The monoisotopic (exact) mass is 252 g/mol. The third kappa shape index (κ3) is 2.54. The lowest BCUT2D eigenvalue weighted by molar-refractivity contribution is -0.125. The summed E-state index contributed by atoms with van der Waals surface area (Å²) < 4.78 is 5.75. The maximum Gasteiger partial charge on any atom is 0.237 e. The molecule has 0 bridgehead atoms. The molecule has 2 saturated heterocycles. The third-order valence-corrected chi connectivity index (χ3v) is 4.74. The minimum atomic E-state index is 0.0430. The van der Waals surface area contributed by atoms with E-state index in [1.54, 1.807) is 0 Å². The highest BCUT2D eigenvalue weighted by molar-refractivity contribution is 5.82. The minimum Gasteiger partial charge on any atom is -0.378 e. The molecule has 2 N–H and O–H groups in total. The Bertz CT molecular complexity index is 302. The maximum absolute atomic E-state index is 12.2. The molecule has 3 fully saturated rings. The van der Waals surface area contributed by atoms with Crippen LogP contribution < -0.4 is 10.6 Å². The smallest absolute Gasteiger partial charge is 0.237 e. The maximum atomic E-state index is 12.2. The van der Waals surface area contributed by atoms with Crippen LogP contribution in [0.2, 0.25) is 0 Å². The van der Waals surface area contributed by atoms with Gasteiger partial charge >= 0.3 is 0 Å². The van der Waals surface area contributed by atoms with Crippen LogP contribution in [-0.2, 0) is 9.53 Å². The second kappa shape index (κ2) is 5.57. The van der Waals surface area contributed by atoms with E-state index in [9.17, 15) is 4.79 Å². The Hall–Kier alpha value is -0.610. The van der Waals surface area contributed by atoms with Crippen molar-refractivity contribution in [3.63, 3.8) is 0 Å². The van der Waals surface area contributed by atoms with Gasteiger partial charge in [-0.2, -0.15) is 0 Å². The number of carbonyl (C=O) groups is 1. The largest absolute Gasteiger partial charge is 0.378 e. The summed E-state index contributed by atoms with van der Waals surface area (Å²) in [6, 6.07) is 0.393. The molecule has 4 atom stereocenters. The van der Waals surface area contributed by atoms with Gasteiger partial charge in [0.05, 0.1) is 12.1 Å². The first kappa shape index (κ1) is 12.4. The number of rotatable bonds is 2. The molecule has 0 aromatic carbocycles. The first-order valence-electron chi connectivity index (χ1n) is 7.50. The Kier molecular flexibility index (Phi) is 3.85. The molecular weight excluding hydrogens is 228 g/mol. The van der Waals surface area contributed by atoms with E-state index < -0.39 is 0 Å². The number of piperidine rings is 1. The number of fused-ring (bicyclic) bond motifs is 1. The van der Waals surface area contributed by atoms with Gasteiger partial charge < -0.3 is 15.4 Å². The number of hydrogen-bond donors (Lipinski definition) is 2. The number of carbonyl (C=O) groups excluding carboxylic acids is 1. The van der Waals surface area contributed by atoms with E-state index in [-0.39, 0.29) is 11.9 Å². The third-order valence-electron chi connectivity index (χ3n) is 4.74. The molecule has 1 saturated carbocycles. The minimum absolute atomic E-state index is 0.0430. The summed E-state index contributed by atoms with van der Waals surface area (Å²) in [4.78, 5) is 12.2. The van der Waals surface area contributed by atoms with Gasteiger partial charge in [-0.25, -0.2) is 0 Å². The summed E-state index contributed by atoms with van der Waals surface area (Å²) in [5, 5.41) is 6.60. The van der Waals surface area contributed by atoms with E-state index >= 15 is 0 Å². The first-order valence-corrected chi connectivity index (χ1v) is 7.50. The highest BCUT2D eigenvalue weighted by Gasteiger charge is 2.38. The second-order valence-electron chi connectivity index (χ2n) is 5.91. The molecule has 0 spiro atoms. The number of amides is 1. The molecule has 3 rings (SSSR count). The van der Waals surface area contributed by atoms with Gasteiger partial charge in [0.1, 0.15) is 0 Å². The van der Waals surface area contributed by atoms with Crippen molar-refractivity contribution in [2.45, 2.75) is 63.1 Å². The zero-order valence-electron chi connectivity index (χ0n) is 11.0. The van der Waals surface area contributed by atoms with Crippen molar-refractivity contribution in [1.82, 2.24) is 10.6 Å². The molecular formula is C14H24N2O2. The Balaban J connectivity index is 1.56. The van der Waals surface area contributed by atoms with Gasteiger partial charge in [0.15, 0.2) is 0 Å². The second-order valence-corrected chi connectivity index (χ2v) is 5.91. The molecule has 0 aromatic rings. The van der Waals surface area contributed by atoms with Gasteiger partial charge in [-0.1, -0.05) is 6.42 Å². The van der Waals surface area contributed by atoms with E-state index in [1.807, 2.05) is 0 Å². The fourth-order valence-electron chi connectivity index (χ4n) is 3.71. The fourth-order valence-corrected chi connectivity index (χ4v) is 3.71. The van der Waals surface area contributed by atoms with Crippen molar-refractivity contribution in [2.75, 3.05) is 13.2 Å². The van der Waals surface area contributed by atoms with Gasteiger partial charge in [0, 0.05) is 18.6 Å². The highest BCUT2D eigenvalue weighted by Crippen LogP contribution is 2.34. The van der Waals surface area contributed by atoms with Crippen LogP contribution in [-0.4, -0.2) is 37.2 Å².